The maximum absolute atomic E-state index is 13.5. The zero-order valence-electron chi connectivity index (χ0n) is 13.2. The van der Waals surface area contributed by atoms with Crippen LogP contribution in [0.25, 0.3) is 10.9 Å². The monoisotopic (exact) mass is 384 g/mol. The SMILES string of the molecule is O=C(COC(=O)c1c[nH]c2ccccc12)Nc1c(F)c(F)c(F)c(F)c1F. The maximum Gasteiger partial charge on any atom is 0.340 e. The quantitative estimate of drug-likeness (QED) is 0.312. The maximum atomic E-state index is 13.5. The standard InChI is InChI=1S/C17H9F5N2O3/c18-11-12(19)14(21)16(15(22)13(11)20)24-10(25)6-27-17(26)8-5-23-9-4-2-1-3-7(8)9/h1-5,23H,6H2,(H,24,25). The van der Waals surface area contributed by atoms with Crippen LogP contribution in [-0.4, -0.2) is 23.5 Å². The summed E-state index contributed by atoms with van der Waals surface area (Å²) in [5.41, 5.74) is -0.788. The number of carbonyl (C=O) groups excluding carboxylic acids is 2. The van der Waals surface area contributed by atoms with Crippen LogP contribution in [0.4, 0.5) is 27.6 Å². The van der Waals surface area contributed by atoms with E-state index >= 15 is 0 Å². The highest BCUT2D eigenvalue weighted by Gasteiger charge is 2.27. The van der Waals surface area contributed by atoms with E-state index in [2.05, 4.69) is 4.98 Å². The second kappa shape index (κ2) is 7.06. The van der Waals surface area contributed by atoms with Crippen LogP contribution in [0, 0.1) is 29.1 Å². The van der Waals surface area contributed by atoms with Gasteiger partial charge in [0.25, 0.3) is 5.91 Å². The van der Waals surface area contributed by atoms with Crippen LogP contribution in [0.1, 0.15) is 10.4 Å². The Hall–Kier alpha value is -3.43. The Balaban J connectivity index is 1.71. The number of aromatic nitrogens is 1. The molecule has 5 nitrogen and oxygen atoms in total. The molecule has 0 aliphatic rings. The van der Waals surface area contributed by atoms with E-state index in [9.17, 15) is 31.5 Å². The highest BCUT2D eigenvalue weighted by molar-refractivity contribution is 6.05. The molecular weight excluding hydrogens is 375 g/mol. The summed E-state index contributed by atoms with van der Waals surface area (Å²) in [6.45, 7) is -1.00. The molecule has 140 valence electrons. The number of anilines is 1. The molecule has 27 heavy (non-hydrogen) atoms. The molecule has 1 heterocycles. The van der Waals surface area contributed by atoms with Crippen LogP contribution >= 0.6 is 0 Å². The fraction of sp³-hybridized carbons (Fsp3) is 0.0588. The lowest BCUT2D eigenvalue weighted by Gasteiger charge is -2.10. The minimum absolute atomic E-state index is 0.106. The van der Waals surface area contributed by atoms with Gasteiger partial charge >= 0.3 is 5.97 Å². The number of halogens is 5. The van der Waals surface area contributed by atoms with E-state index in [1.807, 2.05) is 0 Å². The third-order valence-corrected chi connectivity index (χ3v) is 3.62. The number of benzene rings is 2. The summed E-state index contributed by atoms with van der Waals surface area (Å²) in [5.74, 6) is -13.4. The van der Waals surface area contributed by atoms with Gasteiger partial charge in [-0.1, -0.05) is 18.2 Å². The van der Waals surface area contributed by atoms with E-state index in [4.69, 9.17) is 4.74 Å². The molecule has 0 fully saturated rings. The molecule has 2 N–H and O–H groups in total. The Morgan fingerprint density at radius 3 is 2.19 bits per heavy atom. The van der Waals surface area contributed by atoms with Gasteiger partial charge in [0.15, 0.2) is 29.9 Å². The van der Waals surface area contributed by atoms with Gasteiger partial charge in [-0.25, -0.2) is 26.7 Å². The number of carbonyl (C=O) groups is 2. The molecule has 1 amide bonds. The van der Waals surface area contributed by atoms with Crippen LogP contribution < -0.4 is 5.32 Å². The van der Waals surface area contributed by atoms with Crippen molar-refractivity contribution in [1.82, 2.24) is 4.98 Å². The lowest BCUT2D eigenvalue weighted by Crippen LogP contribution is -2.23. The highest BCUT2D eigenvalue weighted by atomic mass is 19.2. The Labute approximate surface area is 147 Å². The Kier molecular flexibility index (Phi) is 4.80. The van der Waals surface area contributed by atoms with Crippen LogP contribution in [0.5, 0.6) is 0 Å². The zero-order valence-corrected chi connectivity index (χ0v) is 13.2. The van der Waals surface area contributed by atoms with Gasteiger partial charge in [-0.05, 0) is 6.07 Å². The number of para-hydroxylation sites is 1. The lowest BCUT2D eigenvalue weighted by molar-refractivity contribution is -0.119. The number of esters is 1. The van der Waals surface area contributed by atoms with Gasteiger partial charge in [-0.3, -0.25) is 4.79 Å². The number of amides is 1. The molecule has 3 aromatic rings. The molecule has 0 saturated heterocycles. The molecule has 0 saturated carbocycles. The molecule has 2 aromatic carbocycles. The largest absolute Gasteiger partial charge is 0.452 e. The van der Waals surface area contributed by atoms with Crippen molar-refractivity contribution in [2.45, 2.75) is 0 Å². The van der Waals surface area contributed by atoms with E-state index in [0.717, 1.165) is 0 Å². The fourth-order valence-electron chi connectivity index (χ4n) is 2.34. The van der Waals surface area contributed by atoms with Gasteiger partial charge in [0.1, 0.15) is 5.69 Å². The Morgan fingerprint density at radius 2 is 1.52 bits per heavy atom. The predicted molar refractivity (Wildman–Crippen MR) is 83.4 cm³/mol. The minimum Gasteiger partial charge on any atom is -0.452 e. The van der Waals surface area contributed by atoms with Gasteiger partial charge < -0.3 is 15.0 Å². The van der Waals surface area contributed by atoms with Crippen molar-refractivity contribution in [1.29, 1.82) is 0 Å². The molecule has 0 unspecified atom stereocenters. The summed E-state index contributed by atoms with van der Waals surface area (Å²) < 4.78 is 70.9. The van der Waals surface area contributed by atoms with Crippen molar-refractivity contribution in [2.75, 3.05) is 11.9 Å². The number of fused-ring (bicyclic) bond motifs is 1. The smallest absolute Gasteiger partial charge is 0.340 e. The van der Waals surface area contributed by atoms with E-state index in [1.165, 1.54) is 11.5 Å². The summed E-state index contributed by atoms with van der Waals surface area (Å²) in [4.78, 5) is 26.5. The van der Waals surface area contributed by atoms with E-state index in [-0.39, 0.29) is 5.56 Å². The second-order valence-electron chi connectivity index (χ2n) is 5.32. The molecule has 10 heteroatoms. The molecule has 1 aromatic heterocycles. The predicted octanol–water partition coefficient (Wildman–Crippen LogP) is 3.66. The molecule has 3 rings (SSSR count). The Bertz CT molecular complexity index is 1040. The first kappa shape index (κ1) is 18.4. The molecular formula is C17H9F5N2O3. The number of aromatic amines is 1. The van der Waals surface area contributed by atoms with Gasteiger partial charge in [0.2, 0.25) is 5.82 Å². The number of hydrogen-bond acceptors (Lipinski definition) is 3. The first-order chi connectivity index (χ1) is 12.8. The average Bonchev–Trinajstić information content (AvgIpc) is 3.10. The van der Waals surface area contributed by atoms with E-state index < -0.39 is 53.3 Å². The topological polar surface area (TPSA) is 71.2 Å². The summed E-state index contributed by atoms with van der Waals surface area (Å²) in [6, 6.07) is 6.72. The highest BCUT2D eigenvalue weighted by Crippen LogP contribution is 2.27. The summed E-state index contributed by atoms with van der Waals surface area (Å²) in [7, 11) is 0. The van der Waals surface area contributed by atoms with Gasteiger partial charge in [0.05, 0.1) is 5.56 Å². The van der Waals surface area contributed by atoms with Crippen molar-refractivity contribution in [2.24, 2.45) is 0 Å². The minimum atomic E-state index is -2.35. The summed E-state index contributed by atoms with van der Waals surface area (Å²) in [6.07, 6.45) is 1.34. The fourth-order valence-corrected chi connectivity index (χ4v) is 2.34. The zero-order chi connectivity index (χ0) is 19.7. The number of H-pyrrole nitrogens is 1. The van der Waals surface area contributed by atoms with Crippen LogP contribution in [-0.2, 0) is 9.53 Å². The molecule has 0 radical (unpaired) electrons. The van der Waals surface area contributed by atoms with Crippen LogP contribution in [0.15, 0.2) is 30.5 Å². The third-order valence-electron chi connectivity index (χ3n) is 3.62. The van der Waals surface area contributed by atoms with Crippen LogP contribution in [0.2, 0.25) is 0 Å². The van der Waals surface area contributed by atoms with Crippen molar-refractivity contribution in [3.63, 3.8) is 0 Å². The first-order valence-electron chi connectivity index (χ1n) is 7.35. The Morgan fingerprint density at radius 1 is 0.926 bits per heavy atom. The first-order valence-corrected chi connectivity index (χ1v) is 7.35. The molecule has 0 aliphatic carbocycles. The molecule has 0 spiro atoms. The number of ether oxygens (including phenoxy) is 1. The number of hydrogen-bond donors (Lipinski definition) is 2. The number of nitrogens with one attached hydrogen (secondary N) is 2. The van der Waals surface area contributed by atoms with Crippen molar-refractivity contribution in [3.8, 4) is 0 Å². The summed E-state index contributed by atoms with van der Waals surface area (Å²) >= 11 is 0. The van der Waals surface area contributed by atoms with Gasteiger partial charge in [-0.2, -0.15) is 0 Å². The summed E-state index contributed by atoms with van der Waals surface area (Å²) in [5, 5.41) is 2.02. The van der Waals surface area contributed by atoms with Gasteiger partial charge in [0, 0.05) is 17.1 Å². The third kappa shape index (κ3) is 3.33. The second-order valence-corrected chi connectivity index (χ2v) is 5.32. The van der Waals surface area contributed by atoms with Crippen LogP contribution in [0.3, 0.4) is 0 Å². The van der Waals surface area contributed by atoms with E-state index in [0.29, 0.717) is 10.9 Å². The molecule has 0 aliphatic heterocycles. The lowest BCUT2D eigenvalue weighted by atomic mass is 10.2. The van der Waals surface area contributed by atoms with Gasteiger partial charge in [-0.15, -0.1) is 0 Å². The van der Waals surface area contributed by atoms with E-state index in [1.54, 1.807) is 24.3 Å². The average molecular weight is 384 g/mol. The number of rotatable bonds is 4. The normalized spacial score (nSPS) is 10.9. The van der Waals surface area contributed by atoms with Crippen molar-refractivity contribution in [3.05, 3.63) is 65.1 Å². The van der Waals surface area contributed by atoms with Crippen molar-refractivity contribution >= 4 is 28.5 Å². The molecule has 0 bridgehead atoms. The molecule has 0 atom stereocenters. The van der Waals surface area contributed by atoms with Crippen molar-refractivity contribution < 1.29 is 36.3 Å².